The van der Waals surface area contributed by atoms with Gasteiger partial charge in [-0.2, -0.15) is 0 Å². The van der Waals surface area contributed by atoms with E-state index in [1.165, 1.54) is 23.1 Å². The Hall–Kier alpha value is -2.48. The van der Waals surface area contributed by atoms with Crippen molar-refractivity contribution in [3.63, 3.8) is 0 Å². The summed E-state index contributed by atoms with van der Waals surface area (Å²) in [6.07, 6.45) is 0.366. The highest BCUT2D eigenvalue weighted by Crippen LogP contribution is 2.43. The van der Waals surface area contributed by atoms with E-state index >= 15 is 0 Å². The Morgan fingerprint density at radius 1 is 1.46 bits per heavy atom. The molecule has 128 valence electrons. The van der Waals surface area contributed by atoms with Gasteiger partial charge in [-0.3, -0.25) is 19.7 Å². The molecule has 2 saturated heterocycles. The number of nitrogens with zero attached hydrogens (tertiary/aromatic N) is 2. The molecule has 0 bridgehead atoms. The molecule has 0 aliphatic carbocycles. The molecule has 2 aliphatic heterocycles. The number of likely N-dealkylation sites (tertiary alicyclic amines) is 1. The number of aliphatic carboxylic acids is 1. The number of aryl methyl sites for hydroxylation is 1. The van der Waals surface area contributed by atoms with Crippen molar-refractivity contribution in [2.75, 3.05) is 26.3 Å². The Morgan fingerprint density at radius 2 is 2.21 bits per heavy atom. The van der Waals surface area contributed by atoms with Crippen LogP contribution in [0.2, 0.25) is 0 Å². The molecule has 2 fully saturated rings. The smallest absolute Gasteiger partial charge is 0.311 e. The summed E-state index contributed by atoms with van der Waals surface area (Å²) in [5.74, 6) is -1.55. The molecule has 3 rings (SSSR count). The second-order valence-electron chi connectivity index (χ2n) is 6.43. The van der Waals surface area contributed by atoms with Crippen LogP contribution >= 0.6 is 0 Å². The maximum Gasteiger partial charge on any atom is 0.311 e. The third-order valence-corrected chi connectivity index (χ3v) is 5.07. The fraction of sp³-hybridized carbons (Fsp3) is 0.500. The molecule has 0 saturated carbocycles. The number of amides is 1. The SMILES string of the molecule is Cc1ccc(C(=O)N2C[C@H]3COCC[C@@]3(C(=O)O)C2)cc1[N+](=O)[O-]. The first-order chi connectivity index (χ1) is 11.3. The van der Waals surface area contributed by atoms with Crippen molar-refractivity contribution in [2.24, 2.45) is 11.3 Å². The molecule has 1 N–H and O–H groups in total. The van der Waals surface area contributed by atoms with Gasteiger partial charge in [-0.25, -0.2) is 0 Å². The quantitative estimate of drug-likeness (QED) is 0.662. The van der Waals surface area contributed by atoms with Crippen LogP contribution in [0.5, 0.6) is 0 Å². The molecule has 0 unspecified atom stereocenters. The summed E-state index contributed by atoms with van der Waals surface area (Å²) in [4.78, 5) is 36.5. The van der Waals surface area contributed by atoms with Crippen LogP contribution in [0, 0.1) is 28.4 Å². The molecule has 0 spiro atoms. The van der Waals surface area contributed by atoms with Crippen LogP contribution in [0.1, 0.15) is 22.3 Å². The Kier molecular flexibility index (Phi) is 4.00. The van der Waals surface area contributed by atoms with E-state index in [9.17, 15) is 24.8 Å². The third-order valence-electron chi connectivity index (χ3n) is 5.07. The summed E-state index contributed by atoms with van der Waals surface area (Å²) in [7, 11) is 0. The number of benzene rings is 1. The lowest BCUT2D eigenvalue weighted by Gasteiger charge is -2.33. The molecule has 2 heterocycles. The number of nitro benzene ring substituents is 1. The molecule has 1 aromatic carbocycles. The van der Waals surface area contributed by atoms with E-state index in [0.29, 0.717) is 25.2 Å². The number of hydrogen-bond acceptors (Lipinski definition) is 5. The summed E-state index contributed by atoms with van der Waals surface area (Å²) in [6, 6.07) is 4.32. The van der Waals surface area contributed by atoms with Gasteiger partial charge in [0.05, 0.1) is 16.9 Å². The average molecular weight is 334 g/mol. The lowest BCUT2D eigenvalue weighted by molar-refractivity contribution is -0.385. The molecule has 1 amide bonds. The maximum atomic E-state index is 12.7. The number of carboxylic acids is 1. The van der Waals surface area contributed by atoms with Gasteiger partial charge in [-0.15, -0.1) is 0 Å². The molecule has 8 nitrogen and oxygen atoms in total. The van der Waals surface area contributed by atoms with Gasteiger partial charge in [-0.05, 0) is 19.4 Å². The molecular formula is C16H18N2O6. The van der Waals surface area contributed by atoms with Crippen molar-refractivity contribution in [1.29, 1.82) is 0 Å². The number of rotatable bonds is 3. The Balaban J connectivity index is 1.88. The van der Waals surface area contributed by atoms with Crippen molar-refractivity contribution < 1.29 is 24.4 Å². The Bertz CT molecular complexity index is 719. The molecule has 8 heteroatoms. The normalized spacial score (nSPS) is 26.0. The number of hydrogen-bond donors (Lipinski definition) is 1. The lowest BCUT2D eigenvalue weighted by Crippen LogP contribution is -2.45. The van der Waals surface area contributed by atoms with E-state index in [-0.39, 0.29) is 36.2 Å². The lowest BCUT2D eigenvalue weighted by atomic mass is 9.74. The van der Waals surface area contributed by atoms with Crippen LogP contribution in [0.25, 0.3) is 0 Å². The van der Waals surface area contributed by atoms with Gasteiger partial charge in [0, 0.05) is 42.8 Å². The first kappa shape index (κ1) is 16.4. The van der Waals surface area contributed by atoms with Gasteiger partial charge in [-0.1, -0.05) is 6.07 Å². The van der Waals surface area contributed by atoms with Gasteiger partial charge in [0.1, 0.15) is 0 Å². The number of carbonyl (C=O) groups is 2. The molecule has 0 radical (unpaired) electrons. The molecular weight excluding hydrogens is 316 g/mol. The van der Waals surface area contributed by atoms with Crippen molar-refractivity contribution >= 4 is 17.6 Å². The molecule has 2 atom stereocenters. The van der Waals surface area contributed by atoms with Crippen LogP contribution in [0.4, 0.5) is 5.69 Å². The summed E-state index contributed by atoms with van der Waals surface area (Å²) in [5.41, 5.74) is -0.423. The topological polar surface area (TPSA) is 110 Å². The summed E-state index contributed by atoms with van der Waals surface area (Å²) < 4.78 is 5.37. The maximum absolute atomic E-state index is 12.7. The zero-order chi connectivity index (χ0) is 17.5. The number of fused-ring (bicyclic) bond motifs is 1. The van der Waals surface area contributed by atoms with Crippen LogP contribution in [0.3, 0.4) is 0 Å². The molecule has 1 aromatic rings. The van der Waals surface area contributed by atoms with E-state index in [1.54, 1.807) is 6.92 Å². The summed E-state index contributed by atoms with van der Waals surface area (Å²) in [5, 5.41) is 20.7. The van der Waals surface area contributed by atoms with Gasteiger partial charge in [0.25, 0.3) is 11.6 Å². The Morgan fingerprint density at radius 3 is 2.83 bits per heavy atom. The van der Waals surface area contributed by atoms with Crippen LogP contribution in [0.15, 0.2) is 18.2 Å². The fourth-order valence-corrected chi connectivity index (χ4v) is 3.58. The second kappa shape index (κ2) is 5.86. The van der Waals surface area contributed by atoms with Crippen LogP contribution in [-0.2, 0) is 9.53 Å². The summed E-state index contributed by atoms with van der Waals surface area (Å²) in [6.45, 7) is 2.67. The van der Waals surface area contributed by atoms with E-state index in [0.717, 1.165) is 0 Å². The van der Waals surface area contributed by atoms with E-state index in [4.69, 9.17) is 4.74 Å². The van der Waals surface area contributed by atoms with Gasteiger partial charge in [0.15, 0.2) is 0 Å². The van der Waals surface area contributed by atoms with Crippen molar-refractivity contribution in [3.05, 3.63) is 39.4 Å². The first-order valence-corrected chi connectivity index (χ1v) is 7.70. The minimum absolute atomic E-state index is 0.108. The molecule has 24 heavy (non-hydrogen) atoms. The zero-order valence-electron chi connectivity index (χ0n) is 13.2. The van der Waals surface area contributed by atoms with E-state index in [2.05, 4.69) is 0 Å². The monoisotopic (exact) mass is 334 g/mol. The number of nitro groups is 1. The minimum Gasteiger partial charge on any atom is -0.481 e. The number of ether oxygens (including phenoxy) is 1. The largest absolute Gasteiger partial charge is 0.481 e. The fourth-order valence-electron chi connectivity index (χ4n) is 3.58. The van der Waals surface area contributed by atoms with Crippen LogP contribution < -0.4 is 0 Å². The van der Waals surface area contributed by atoms with Gasteiger partial charge < -0.3 is 14.7 Å². The number of carbonyl (C=O) groups excluding carboxylic acids is 1. The van der Waals surface area contributed by atoms with Crippen molar-refractivity contribution in [2.45, 2.75) is 13.3 Å². The first-order valence-electron chi connectivity index (χ1n) is 7.70. The highest BCUT2D eigenvalue weighted by Gasteiger charge is 2.55. The van der Waals surface area contributed by atoms with E-state index in [1.807, 2.05) is 0 Å². The van der Waals surface area contributed by atoms with E-state index < -0.39 is 16.3 Å². The molecule has 2 aliphatic rings. The predicted octanol–water partition coefficient (Wildman–Crippen LogP) is 1.47. The minimum atomic E-state index is -0.982. The second-order valence-corrected chi connectivity index (χ2v) is 6.43. The standard InChI is InChI=1S/C16H18N2O6/c1-10-2-3-11(6-13(10)18(22)23)14(19)17-7-12-8-24-5-4-16(12,9-17)15(20)21/h2-3,6,12H,4-5,7-9H2,1H3,(H,20,21)/t12-,16+/m0/s1. The third kappa shape index (κ3) is 2.52. The molecule has 0 aromatic heterocycles. The highest BCUT2D eigenvalue weighted by atomic mass is 16.6. The summed E-state index contributed by atoms with van der Waals surface area (Å²) >= 11 is 0. The van der Waals surface area contributed by atoms with Crippen molar-refractivity contribution in [1.82, 2.24) is 4.90 Å². The highest BCUT2D eigenvalue weighted by molar-refractivity contribution is 5.96. The van der Waals surface area contributed by atoms with Gasteiger partial charge >= 0.3 is 5.97 Å². The number of carboxylic acid groups (broad SMARTS) is 1. The Labute approximate surface area is 138 Å². The zero-order valence-corrected chi connectivity index (χ0v) is 13.2. The average Bonchev–Trinajstić information content (AvgIpc) is 2.95. The van der Waals surface area contributed by atoms with Crippen LogP contribution in [-0.4, -0.2) is 53.1 Å². The predicted molar refractivity (Wildman–Crippen MR) is 82.7 cm³/mol. The van der Waals surface area contributed by atoms with Crippen molar-refractivity contribution in [3.8, 4) is 0 Å². The van der Waals surface area contributed by atoms with Gasteiger partial charge in [0.2, 0.25) is 0 Å².